The lowest BCUT2D eigenvalue weighted by Gasteiger charge is -1.97. The number of hydrogen-bond acceptors (Lipinski definition) is 3. The van der Waals surface area contributed by atoms with Crippen molar-refractivity contribution in [1.29, 1.82) is 0 Å². The largest absolute Gasteiger partial charge is 0.316 e. The fourth-order valence-electron chi connectivity index (χ4n) is 1.46. The Labute approximate surface area is 82.9 Å². The molecule has 0 saturated carbocycles. The average molecular weight is 190 g/mol. The first kappa shape index (κ1) is 9.15. The van der Waals surface area contributed by atoms with Crippen LogP contribution < -0.4 is 5.32 Å². The van der Waals surface area contributed by atoms with Crippen molar-refractivity contribution in [3.8, 4) is 0 Å². The second kappa shape index (κ2) is 3.75. The number of benzene rings is 1. The summed E-state index contributed by atoms with van der Waals surface area (Å²) in [6.07, 6.45) is 0. The molecule has 4 heteroatoms. The Bertz CT molecular complexity index is 433. The molecule has 74 valence electrons. The minimum Gasteiger partial charge on any atom is -0.316 e. The van der Waals surface area contributed by atoms with E-state index in [1.165, 1.54) is 5.56 Å². The first-order chi connectivity index (χ1) is 6.83. The lowest BCUT2D eigenvalue weighted by Crippen LogP contribution is -2.04. The Balaban J connectivity index is 2.43. The molecule has 0 atom stereocenters. The monoisotopic (exact) mass is 190 g/mol. The van der Waals surface area contributed by atoms with Crippen molar-refractivity contribution >= 4 is 11.0 Å². The zero-order valence-corrected chi connectivity index (χ0v) is 8.49. The molecule has 0 aliphatic rings. The SMILES string of the molecule is CCn1nc2ccc(CNC)cc2n1. The number of nitrogens with one attached hydrogen (secondary N) is 1. The molecular weight excluding hydrogens is 176 g/mol. The van der Waals surface area contributed by atoms with Gasteiger partial charge in [0.15, 0.2) is 0 Å². The van der Waals surface area contributed by atoms with Crippen LogP contribution in [0.2, 0.25) is 0 Å². The second-order valence-corrected chi connectivity index (χ2v) is 3.24. The Kier molecular flexibility index (Phi) is 2.45. The smallest absolute Gasteiger partial charge is 0.113 e. The van der Waals surface area contributed by atoms with Crippen molar-refractivity contribution in [2.45, 2.75) is 20.0 Å². The molecule has 1 aromatic carbocycles. The van der Waals surface area contributed by atoms with E-state index in [4.69, 9.17) is 0 Å². The Morgan fingerprint density at radius 2 is 2.07 bits per heavy atom. The van der Waals surface area contributed by atoms with E-state index in [1.807, 2.05) is 20.0 Å². The van der Waals surface area contributed by atoms with Gasteiger partial charge in [0, 0.05) is 6.54 Å². The Hall–Kier alpha value is -1.42. The maximum atomic E-state index is 4.35. The van der Waals surface area contributed by atoms with Crippen molar-refractivity contribution < 1.29 is 0 Å². The second-order valence-electron chi connectivity index (χ2n) is 3.24. The van der Waals surface area contributed by atoms with Gasteiger partial charge < -0.3 is 5.32 Å². The van der Waals surface area contributed by atoms with Crippen LogP contribution in [0.5, 0.6) is 0 Å². The summed E-state index contributed by atoms with van der Waals surface area (Å²) in [5.41, 5.74) is 3.18. The molecule has 0 bridgehead atoms. The average Bonchev–Trinajstić information content (AvgIpc) is 2.60. The maximum absolute atomic E-state index is 4.35. The van der Waals surface area contributed by atoms with Crippen LogP contribution in [-0.2, 0) is 13.1 Å². The molecule has 1 N–H and O–H groups in total. The number of aryl methyl sites for hydroxylation is 1. The van der Waals surface area contributed by atoms with Gasteiger partial charge in [-0.2, -0.15) is 15.0 Å². The molecule has 0 spiro atoms. The van der Waals surface area contributed by atoms with Gasteiger partial charge in [0.1, 0.15) is 11.0 Å². The van der Waals surface area contributed by atoms with E-state index in [9.17, 15) is 0 Å². The van der Waals surface area contributed by atoms with Crippen LogP contribution in [0.4, 0.5) is 0 Å². The summed E-state index contributed by atoms with van der Waals surface area (Å²) in [7, 11) is 1.94. The van der Waals surface area contributed by atoms with Crippen molar-refractivity contribution in [2.24, 2.45) is 0 Å². The van der Waals surface area contributed by atoms with Gasteiger partial charge in [0.2, 0.25) is 0 Å². The lowest BCUT2D eigenvalue weighted by atomic mass is 10.2. The van der Waals surface area contributed by atoms with Crippen LogP contribution >= 0.6 is 0 Å². The highest BCUT2D eigenvalue weighted by Gasteiger charge is 2.01. The standard InChI is InChI=1S/C10H14N4/c1-3-14-12-9-5-4-8(7-11-2)6-10(9)13-14/h4-6,11H,3,7H2,1-2H3. The van der Waals surface area contributed by atoms with Crippen LogP contribution in [-0.4, -0.2) is 22.0 Å². The van der Waals surface area contributed by atoms with E-state index in [2.05, 4.69) is 27.6 Å². The summed E-state index contributed by atoms with van der Waals surface area (Å²) in [6.45, 7) is 3.72. The van der Waals surface area contributed by atoms with E-state index >= 15 is 0 Å². The summed E-state index contributed by atoms with van der Waals surface area (Å²) < 4.78 is 0. The summed E-state index contributed by atoms with van der Waals surface area (Å²) in [5.74, 6) is 0. The van der Waals surface area contributed by atoms with Gasteiger partial charge >= 0.3 is 0 Å². The number of rotatable bonds is 3. The molecule has 1 aromatic heterocycles. The van der Waals surface area contributed by atoms with E-state index in [1.54, 1.807) is 4.80 Å². The molecule has 0 amide bonds. The lowest BCUT2D eigenvalue weighted by molar-refractivity contribution is 0.578. The van der Waals surface area contributed by atoms with Gasteiger partial charge in [-0.15, -0.1) is 0 Å². The van der Waals surface area contributed by atoms with Crippen molar-refractivity contribution in [3.63, 3.8) is 0 Å². The zero-order chi connectivity index (χ0) is 9.97. The van der Waals surface area contributed by atoms with E-state index in [0.717, 1.165) is 24.1 Å². The third-order valence-electron chi connectivity index (χ3n) is 2.15. The first-order valence-corrected chi connectivity index (χ1v) is 4.82. The number of aromatic nitrogens is 3. The molecule has 0 unspecified atom stereocenters. The quantitative estimate of drug-likeness (QED) is 0.790. The van der Waals surface area contributed by atoms with Gasteiger partial charge in [0.05, 0.1) is 6.54 Å². The summed E-state index contributed by atoms with van der Waals surface area (Å²) in [4.78, 5) is 1.72. The topological polar surface area (TPSA) is 42.7 Å². The summed E-state index contributed by atoms with van der Waals surface area (Å²) in [6, 6.07) is 6.17. The fraction of sp³-hybridized carbons (Fsp3) is 0.400. The molecule has 2 aromatic rings. The molecule has 2 rings (SSSR count). The maximum Gasteiger partial charge on any atom is 0.113 e. The van der Waals surface area contributed by atoms with Gasteiger partial charge in [-0.1, -0.05) is 6.07 Å². The van der Waals surface area contributed by atoms with Gasteiger partial charge in [-0.25, -0.2) is 0 Å². The van der Waals surface area contributed by atoms with Gasteiger partial charge in [-0.05, 0) is 31.7 Å². The zero-order valence-electron chi connectivity index (χ0n) is 8.49. The third-order valence-corrected chi connectivity index (χ3v) is 2.15. The highest BCUT2D eigenvalue weighted by atomic mass is 15.5. The minimum absolute atomic E-state index is 0.816. The Morgan fingerprint density at radius 3 is 2.79 bits per heavy atom. The normalized spacial score (nSPS) is 11.0. The number of fused-ring (bicyclic) bond motifs is 1. The van der Waals surface area contributed by atoms with E-state index in [-0.39, 0.29) is 0 Å². The first-order valence-electron chi connectivity index (χ1n) is 4.82. The number of nitrogens with zero attached hydrogens (tertiary/aromatic N) is 3. The molecule has 14 heavy (non-hydrogen) atoms. The summed E-state index contributed by atoms with van der Waals surface area (Å²) in [5, 5.41) is 11.8. The molecule has 0 aliphatic carbocycles. The Morgan fingerprint density at radius 1 is 1.29 bits per heavy atom. The molecule has 1 heterocycles. The van der Waals surface area contributed by atoms with E-state index in [0.29, 0.717) is 0 Å². The van der Waals surface area contributed by atoms with E-state index < -0.39 is 0 Å². The molecule has 0 fully saturated rings. The molecule has 4 nitrogen and oxygen atoms in total. The molecule has 0 saturated heterocycles. The third kappa shape index (κ3) is 1.61. The summed E-state index contributed by atoms with van der Waals surface area (Å²) >= 11 is 0. The van der Waals surface area contributed by atoms with Gasteiger partial charge in [0.25, 0.3) is 0 Å². The van der Waals surface area contributed by atoms with Crippen LogP contribution in [0.1, 0.15) is 12.5 Å². The highest BCUT2D eigenvalue weighted by Crippen LogP contribution is 2.11. The van der Waals surface area contributed by atoms with Crippen LogP contribution in [0, 0.1) is 0 Å². The van der Waals surface area contributed by atoms with Crippen molar-refractivity contribution in [3.05, 3.63) is 23.8 Å². The highest BCUT2D eigenvalue weighted by molar-refractivity contribution is 5.74. The van der Waals surface area contributed by atoms with Gasteiger partial charge in [-0.3, -0.25) is 0 Å². The predicted molar refractivity (Wildman–Crippen MR) is 56.0 cm³/mol. The molecule has 0 radical (unpaired) electrons. The molecule has 0 aliphatic heterocycles. The predicted octanol–water partition coefficient (Wildman–Crippen LogP) is 1.17. The van der Waals surface area contributed by atoms with Crippen molar-refractivity contribution in [2.75, 3.05) is 7.05 Å². The van der Waals surface area contributed by atoms with Crippen molar-refractivity contribution in [1.82, 2.24) is 20.3 Å². The number of hydrogen-bond donors (Lipinski definition) is 1. The van der Waals surface area contributed by atoms with Crippen LogP contribution in [0.15, 0.2) is 18.2 Å². The van der Waals surface area contributed by atoms with Crippen LogP contribution in [0.25, 0.3) is 11.0 Å². The van der Waals surface area contributed by atoms with Crippen LogP contribution in [0.3, 0.4) is 0 Å². The fourth-order valence-corrected chi connectivity index (χ4v) is 1.46. The minimum atomic E-state index is 0.816. The molecular formula is C10H14N4.